The van der Waals surface area contributed by atoms with Gasteiger partial charge in [0.15, 0.2) is 0 Å². The minimum absolute atomic E-state index is 0.334. The first-order valence-corrected chi connectivity index (χ1v) is 9.24. The fraction of sp³-hybridized carbons (Fsp3) is 0.0870. The molecule has 0 saturated heterocycles. The van der Waals surface area contributed by atoms with Crippen LogP contribution in [0.5, 0.6) is 5.75 Å². The van der Waals surface area contributed by atoms with Crippen molar-refractivity contribution in [1.29, 1.82) is 0 Å². The van der Waals surface area contributed by atoms with Gasteiger partial charge in [0.2, 0.25) is 5.91 Å². The lowest BCUT2D eigenvalue weighted by Crippen LogP contribution is -2.17. The maximum absolute atomic E-state index is 12.0. The Morgan fingerprint density at radius 2 is 1.69 bits per heavy atom. The number of carbonyl (C=O) groups is 2. The molecule has 6 nitrogen and oxygen atoms in total. The Kier molecular flexibility index (Phi) is 8.53. The summed E-state index contributed by atoms with van der Waals surface area (Å²) in [6.07, 6.45) is 1.51. The molecule has 0 aliphatic rings. The first-order chi connectivity index (χ1) is 15.1. The van der Waals surface area contributed by atoms with Crippen molar-refractivity contribution in [2.75, 3.05) is 5.32 Å². The molecule has 0 atom stereocenters. The van der Waals surface area contributed by atoms with Crippen molar-refractivity contribution >= 4 is 23.6 Å². The van der Waals surface area contributed by atoms with Gasteiger partial charge in [-0.05, 0) is 61.0 Å². The van der Waals surface area contributed by atoms with Crippen LogP contribution in [0, 0.1) is 6.92 Å². The molecule has 3 N–H and O–H groups in total. The van der Waals surface area contributed by atoms with Gasteiger partial charge >= 0.3 is 6.36 Å². The quantitative estimate of drug-likeness (QED) is 0.558. The number of nitrogens with zero attached hydrogens (tertiary/aromatic N) is 1. The number of alkyl halides is 3. The molecule has 0 radical (unpaired) electrons. The molecule has 2 aromatic carbocycles. The van der Waals surface area contributed by atoms with Crippen LogP contribution in [0.3, 0.4) is 0 Å². The lowest BCUT2D eigenvalue weighted by atomic mass is 10.1. The van der Waals surface area contributed by atoms with Gasteiger partial charge in [-0.3, -0.25) is 14.6 Å². The third-order valence-electron chi connectivity index (χ3n) is 3.78. The molecule has 0 spiro atoms. The van der Waals surface area contributed by atoms with E-state index in [4.69, 9.17) is 5.73 Å². The number of hydrogen-bond acceptors (Lipinski definition) is 4. The van der Waals surface area contributed by atoms with Crippen LogP contribution in [-0.2, 0) is 4.79 Å². The topological polar surface area (TPSA) is 94.3 Å². The molecule has 0 fully saturated rings. The molecule has 0 bridgehead atoms. The van der Waals surface area contributed by atoms with E-state index in [9.17, 15) is 22.8 Å². The maximum Gasteiger partial charge on any atom is 0.573 e. The van der Waals surface area contributed by atoms with Gasteiger partial charge in [-0.25, -0.2) is 0 Å². The number of carbonyl (C=O) groups excluding carboxylic acids is 2. The van der Waals surface area contributed by atoms with Crippen LogP contribution in [0.15, 0.2) is 79.1 Å². The number of aryl methyl sites for hydroxylation is 1. The van der Waals surface area contributed by atoms with Crippen LogP contribution in [-0.4, -0.2) is 23.2 Å². The van der Waals surface area contributed by atoms with Gasteiger partial charge in [-0.15, -0.1) is 13.2 Å². The third kappa shape index (κ3) is 9.12. The molecule has 9 heteroatoms. The number of rotatable bonds is 5. The van der Waals surface area contributed by atoms with Crippen LogP contribution < -0.4 is 15.8 Å². The molecular weight excluding hydrogens is 423 g/mol. The number of nitrogens with two attached hydrogens (primary N) is 1. The van der Waals surface area contributed by atoms with Gasteiger partial charge in [0.1, 0.15) is 5.75 Å². The number of ether oxygens (including phenoxy) is 1. The summed E-state index contributed by atoms with van der Waals surface area (Å²) < 4.78 is 39.8. The van der Waals surface area contributed by atoms with E-state index in [0.717, 1.165) is 23.3 Å². The van der Waals surface area contributed by atoms with E-state index in [2.05, 4.69) is 15.0 Å². The van der Waals surface area contributed by atoms with E-state index in [1.807, 2.05) is 13.0 Å². The Balaban J connectivity index is 0.000000278. The van der Waals surface area contributed by atoms with Crippen molar-refractivity contribution in [3.63, 3.8) is 0 Å². The first kappa shape index (κ1) is 24.1. The average molecular weight is 443 g/mol. The first-order valence-electron chi connectivity index (χ1n) is 9.24. The van der Waals surface area contributed by atoms with Gasteiger partial charge in [-0.2, -0.15) is 0 Å². The zero-order valence-corrected chi connectivity index (χ0v) is 17.0. The minimum atomic E-state index is -4.73. The van der Waals surface area contributed by atoms with E-state index < -0.39 is 12.3 Å². The average Bonchev–Trinajstić information content (AvgIpc) is 2.74. The second kappa shape index (κ2) is 11.3. The number of aromatic nitrogens is 1. The van der Waals surface area contributed by atoms with Crippen molar-refractivity contribution < 1.29 is 27.5 Å². The predicted molar refractivity (Wildman–Crippen MR) is 115 cm³/mol. The molecule has 1 aromatic heterocycles. The summed E-state index contributed by atoms with van der Waals surface area (Å²) in [6.45, 7) is 1.90. The molecule has 0 saturated carbocycles. The highest BCUT2D eigenvalue weighted by atomic mass is 19.4. The van der Waals surface area contributed by atoms with E-state index in [1.165, 1.54) is 18.2 Å². The summed E-state index contributed by atoms with van der Waals surface area (Å²) in [6, 6.07) is 15.5. The second-order valence-corrected chi connectivity index (χ2v) is 6.41. The molecule has 3 rings (SSSR count). The fourth-order valence-corrected chi connectivity index (χ4v) is 2.30. The Labute approximate surface area is 182 Å². The van der Waals surface area contributed by atoms with Gasteiger partial charge < -0.3 is 15.8 Å². The Hall–Kier alpha value is -4.14. The summed E-state index contributed by atoms with van der Waals surface area (Å²) in [5.74, 6) is -1.12. The molecule has 32 heavy (non-hydrogen) atoms. The maximum atomic E-state index is 12.0. The molecule has 0 unspecified atom stereocenters. The van der Waals surface area contributed by atoms with Crippen LogP contribution >= 0.6 is 0 Å². The number of pyridine rings is 1. The lowest BCUT2D eigenvalue weighted by Gasteiger charge is -2.10. The molecule has 3 aromatic rings. The third-order valence-corrected chi connectivity index (χ3v) is 3.78. The monoisotopic (exact) mass is 443 g/mol. The van der Waals surface area contributed by atoms with Crippen LogP contribution in [0.2, 0.25) is 0 Å². The minimum Gasteiger partial charge on any atom is -0.406 e. The highest BCUT2D eigenvalue weighted by Crippen LogP contribution is 2.24. The number of halogens is 3. The van der Waals surface area contributed by atoms with Crippen molar-refractivity contribution in [2.45, 2.75) is 13.3 Å². The fourth-order valence-electron chi connectivity index (χ4n) is 2.30. The van der Waals surface area contributed by atoms with Crippen molar-refractivity contribution in [1.82, 2.24) is 4.98 Å². The van der Waals surface area contributed by atoms with Crippen LogP contribution in [0.4, 0.5) is 18.9 Å². The number of hydrogen-bond donors (Lipinski definition) is 2. The zero-order chi connectivity index (χ0) is 23.6. The summed E-state index contributed by atoms with van der Waals surface area (Å²) in [7, 11) is 0. The summed E-state index contributed by atoms with van der Waals surface area (Å²) in [5, 5.41) is 2.59. The number of primary amides is 1. The zero-order valence-electron chi connectivity index (χ0n) is 17.0. The van der Waals surface area contributed by atoms with Crippen molar-refractivity contribution in [3.8, 4) is 5.75 Å². The second-order valence-electron chi connectivity index (χ2n) is 6.41. The SMILES string of the molecule is Cc1ccc(C(=O)Nc2ccc(OC(F)(F)F)cc2)cc1.NC(=O)C=Cc1cccnc1. The van der Waals surface area contributed by atoms with E-state index in [1.54, 1.807) is 48.8 Å². The summed E-state index contributed by atoms with van der Waals surface area (Å²) in [5.41, 5.74) is 7.64. The molecule has 2 amide bonds. The number of nitrogens with one attached hydrogen (secondary N) is 1. The molecular formula is C23H20F3N3O3. The van der Waals surface area contributed by atoms with Crippen molar-refractivity contribution in [2.24, 2.45) is 5.73 Å². The van der Waals surface area contributed by atoms with Crippen LogP contribution in [0.1, 0.15) is 21.5 Å². The van der Waals surface area contributed by atoms with Crippen molar-refractivity contribution in [3.05, 3.63) is 95.8 Å². The standard InChI is InChI=1S/C15H12F3NO2.C8H8N2O/c1-10-2-4-11(5-3-10)14(20)19-12-6-8-13(9-7-12)21-15(16,17)18;9-8(11)4-3-7-2-1-5-10-6-7/h2-9H,1H3,(H,19,20);1-6H,(H2,9,11). The van der Waals surface area contributed by atoms with Gasteiger partial charge in [-0.1, -0.05) is 23.8 Å². The normalized spacial score (nSPS) is 10.8. The molecule has 0 aliphatic heterocycles. The van der Waals surface area contributed by atoms with Crippen LogP contribution in [0.25, 0.3) is 6.08 Å². The molecule has 0 aliphatic carbocycles. The lowest BCUT2D eigenvalue weighted by molar-refractivity contribution is -0.274. The number of benzene rings is 2. The van der Waals surface area contributed by atoms with Gasteiger partial charge in [0.05, 0.1) is 0 Å². The Morgan fingerprint density at radius 3 is 2.22 bits per heavy atom. The summed E-state index contributed by atoms with van der Waals surface area (Å²) >= 11 is 0. The Morgan fingerprint density at radius 1 is 1.03 bits per heavy atom. The number of anilines is 1. The van der Waals surface area contributed by atoms with Gasteiger partial charge in [0.25, 0.3) is 5.91 Å². The summed E-state index contributed by atoms with van der Waals surface area (Å²) in [4.78, 5) is 26.1. The van der Waals surface area contributed by atoms with E-state index in [-0.39, 0.29) is 11.7 Å². The molecule has 1 heterocycles. The van der Waals surface area contributed by atoms with E-state index >= 15 is 0 Å². The highest BCUT2D eigenvalue weighted by Gasteiger charge is 2.30. The predicted octanol–water partition coefficient (Wildman–Crippen LogP) is 4.73. The van der Waals surface area contributed by atoms with Gasteiger partial charge in [0, 0.05) is 29.7 Å². The van der Waals surface area contributed by atoms with E-state index in [0.29, 0.717) is 11.3 Å². The largest absolute Gasteiger partial charge is 0.573 e. The Bertz CT molecular complexity index is 1050. The highest BCUT2D eigenvalue weighted by molar-refractivity contribution is 6.04. The number of amides is 2. The molecule has 166 valence electrons. The smallest absolute Gasteiger partial charge is 0.406 e.